The Balaban J connectivity index is 1.47. The lowest BCUT2D eigenvalue weighted by atomic mass is 10.0. The van der Waals surface area contributed by atoms with Crippen LogP contribution in [0.5, 0.6) is 5.75 Å². The van der Waals surface area contributed by atoms with Crippen LogP contribution in [0.25, 0.3) is 21.9 Å². The van der Waals surface area contributed by atoms with Crippen LogP contribution in [-0.4, -0.2) is 41.9 Å². The molecule has 0 spiro atoms. The molecular weight excluding hydrogens is 356 g/mol. The van der Waals surface area contributed by atoms with Gasteiger partial charge in [0.2, 0.25) is 0 Å². The van der Waals surface area contributed by atoms with Crippen molar-refractivity contribution in [2.24, 2.45) is 0 Å². The Labute approximate surface area is 161 Å². The summed E-state index contributed by atoms with van der Waals surface area (Å²) < 4.78 is 16.7. The van der Waals surface area contributed by atoms with Gasteiger partial charge in [-0.15, -0.1) is 0 Å². The van der Waals surface area contributed by atoms with Crippen LogP contribution in [0.2, 0.25) is 0 Å². The maximum atomic E-state index is 6.08. The normalized spacial score (nSPS) is 17.4. The summed E-state index contributed by atoms with van der Waals surface area (Å²) in [4.78, 5) is 10.9. The number of anilines is 1. The fourth-order valence-corrected chi connectivity index (χ4v) is 3.76. The van der Waals surface area contributed by atoms with E-state index in [9.17, 15) is 0 Å². The third-order valence-electron chi connectivity index (χ3n) is 5.23. The molecule has 2 aromatic heterocycles. The van der Waals surface area contributed by atoms with Crippen LogP contribution < -0.4 is 9.64 Å². The highest BCUT2D eigenvalue weighted by atomic mass is 16.5. The molecule has 1 saturated heterocycles. The molecule has 7 nitrogen and oxygen atoms in total. The zero-order chi connectivity index (χ0) is 19.1. The van der Waals surface area contributed by atoms with Crippen LogP contribution in [-0.2, 0) is 4.74 Å². The second-order valence-corrected chi connectivity index (χ2v) is 6.92. The van der Waals surface area contributed by atoms with E-state index in [0.29, 0.717) is 18.9 Å². The Morgan fingerprint density at radius 2 is 1.96 bits per heavy atom. The molecule has 0 bridgehead atoms. The van der Waals surface area contributed by atoms with Gasteiger partial charge in [-0.2, -0.15) is 4.98 Å². The number of aryl methyl sites for hydroxylation is 1. The highest BCUT2D eigenvalue weighted by Crippen LogP contribution is 2.32. The molecule has 0 amide bonds. The van der Waals surface area contributed by atoms with Gasteiger partial charge in [-0.25, -0.2) is 4.98 Å². The van der Waals surface area contributed by atoms with Gasteiger partial charge in [0.05, 0.1) is 19.4 Å². The smallest absolute Gasteiger partial charge is 0.263 e. The van der Waals surface area contributed by atoms with Gasteiger partial charge >= 0.3 is 0 Å². The van der Waals surface area contributed by atoms with Crippen molar-refractivity contribution in [3.8, 4) is 5.75 Å². The minimum absolute atomic E-state index is 0.0366. The average Bonchev–Trinajstić information content (AvgIpc) is 3.14. The van der Waals surface area contributed by atoms with E-state index in [2.05, 4.69) is 44.3 Å². The second-order valence-electron chi connectivity index (χ2n) is 6.92. The number of nitrogens with zero attached hydrogens (tertiary/aromatic N) is 4. The van der Waals surface area contributed by atoms with Gasteiger partial charge in [0.1, 0.15) is 29.4 Å². The third-order valence-corrected chi connectivity index (χ3v) is 5.23. The molecule has 1 fully saturated rings. The summed E-state index contributed by atoms with van der Waals surface area (Å²) in [6.07, 6.45) is 1.49. The van der Waals surface area contributed by atoms with Crippen LogP contribution in [0.3, 0.4) is 0 Å². The lowest BCUT2D eigenvalue weighted by Crippen LogP contribution is -2.39. The molecule has 0 radical (unpaired) electrons. The van der Waals surface area contributed by atoms with Crippen molar-refractivity contribution < 1.29 is 14.0 Å². The van der Waals surface area contributed by atoms with Crippen LogP contribution in [0, 0.1) is 6.92 Å². The molecule has 1 atom stereocenters. The number of rotatable bonds is 3. The minimum Gasteiger partial charge on any atom is -0.497 e. The van der Waals surface area contributed by atoms with E-state index in [0.717, 1.165) is 40.1 Å². The Bertz CT molecular complexity index is 1160. The summed E-state index contributed by atoms with van der Waals surface area (Å²) in [6.45, 7) is 4.01. The van der Waals surface area contributed by atoms with Gasteiger partial charge in [-0.3, -0.25) is 0 Å². The topological polar surface area (TPSA) is 73.5 Å². The average molecular weight is 376 g/mol. The first-order valence-corrected chi connectivity index (χ1v) is 9.24. The summed E-state index contributed by atoms with van der Waals surface area (Å²) in [5, 5.41) is 7.21. The molecule has 1 aliphatic rings. The Morgan fingerprint density at radius 3 is 2.86 bits per heavy atom. The van der Waals surface area contributed by atoms with Crippen LogP contribution in [0.15, 0.2) is 47.2 Å². The van der Waals surface area contributed by atoms with Crippen LogP contribution in [0.1, 0.15) is 17.4 Å². The predicted octanol–water partition coefficient (Wildman–Crippen LogP) is 3.67. The van der Waals surface area contributed by atoms with Crippen molar-refractivity contribution in [3.63, 3.8) is 0 Å². The monoisotopic (exact) mass is 376 g/mol. The van der Waals surface area contributed by atoms with E-state index in [1.54, 1.807) is 7.11 Å². The minimum atomic E-state index is -0.0366. The number of fused-ring (bicyclic) bond motifs is 2. The van der Waals surface area contributed by atoms with Gasteiger partial charge < -0.3 is 18.9 Å². The molecule has 5 rings (SSSR count). The van der Waals surface area contributed by atoms with E-state index in [4.69, 9.17) is 14.0 Å². The first-order valence-electron chi connectivity index (χ1n) is 9.24. The number of ether oxygens (including phenoxy) is 2. The molecule has 2 aromatic carbocycles. The SMILES string of the molecule is COc1ccc2cc(C3CN(c4ncnc5onc(C)c45)CCO3)ccc2c1. The highest BCUT2D eigenvalue weighted by Gasteiger charge is 2.26. The predicted molar refractivity (Wildman–Crippen MR) is 106 cm³/mol. The number of morpholine rings is 1. The zero-order valence-corrected chi connectivity index (χ0v) is 15.8. The van der Waals surface area contributed by atoms with Crippen molar-refractivity contribution in [1.82, 2.24) is 15.1 Å². The first-order chi connectivity index (χ1) is 13.7. The number of hydrogen-bond donors (Lipinski definition) is 0. The van der Waals surface area contributed by atoms with Crippen molar-refractivity contribution in [3.05, 3.63) is 54.0 Å². The molecule has 4 aromatic rings. The number of aromatic nitrogens is 3. The first kappa shape index (κ1) is 16.9. The fourth-order valence-electron chi connectivity index (χ4n) is 3.76. The molecule has 0 N–H and O–H groups in total. The molecular formula is C21H20N4O3. The van der Waals surface area contributed by atoms with E-state index in [1.165, 1.54) is 11.7 Å². The molecule has 28 heavy (non-hydrogen) atoms. The van der Waals surface area contributed by atoms with Crippen molar-refractivity contribution in [2.45, 2.75) is 13.0 Å². The zero-order valence-electron chi connectivity index (χ0n) is 15.8. The summed E-state index contributed by atoms with van der Waals surface area (Å²) in [5.41, 5.74) is 2.47. The molecule has 142 valence electrons. The van der Waals surface area contributed by atoms with E-state index < -0.39 is 0 Å². The Morgan fingerprint density at radius 1 is 1.11 bits per heavy atom. The highest BCUT2D eigenvalue weighted by molar-refractivity contribution is 5.88. The van der Waals surface area contributed by atoms with Crippen molar-refractivity contribution in [1.29, 1.82) is 0 Å². The van der Waals surface area contributed by atoms with Crippen LogP contribution >= 0.6 is 0 Å². The van der Waals surface area contributed by atoms with Gasteiger partial charge in [0, 0.05) is 13.1 Å². The number of hydrogen-bond acceptors (Lipinski definition) is 7. The van der Waals surface area contributed by atoms with Gasteiger partial charge in [0.25, 0.3) is 5.71 Å². The molecule has 3 heterocycles. The van der Waals surface area contributed by atoms with E-state index >= 15 is 0 Å². The van der Waals surface area contributed by atoms with E-state index in [1.807, 2.05) is 19.1 Å². The van der Waals surface area contributed by atoms with E-state index in [-0.39, 0.29) is 6.10 Å². The van der Waals surface area contributed by atoms with Gasteiger partial charge in [0.15, 0.2) is 0 Å². The quantitative estimate of drug-likeness (QED) is 0.540. The molecule has 1 unspecified atom stereocenters. The Kier molecular flexibility index (Phi) is 4.09. The summed E-state index contributed by atoms with van der Waals surface area (Å²) >= 11 is 0. The molecule has 1 aliphatic heterocycles. The maximum Gasteiger partial charge on any atom is 0.263 e. The summed E-state index contributed by atoms with van der Waals surface area (Å²) in [7, 11) is 1.68. The third kappa shape index (κ3) is 2.84. The largest absolute Gasteiger partial charge is 0.497 e. The summed E-state index contributed by atoms with van der Waals surface area (Å²) in [5.74, 6) is 1.71. The standard InChI is InChI=1S/C21H20N4O3/c1-13-19-20(22-12-23-21(19)28-24-13)25-7-8-27-18(11-25)16-4-3-15-10-17(26-2)6-5-14(15)9-16/h3-6,9-10,12,18H,7-8,11H2,1-2H3. The van der Waals surface area contributed by atoms with Crippen molar-refractivity contribution in [2.75, 3.05) is 31.7 Å². The van der Waals surface area contributed by atoms with Crippen molar-refractivity contribution >= 4 is 27.7 Å². The number of benzene rings is 2. The van der Waals surface area contributed by atoms with Gasteiger partial charge in [-0.1, -0.05) is 23.4 Å². The Hall–Kier alpha value is -3.19. The maximum absolute atomic E-state index is 6.08. The molecule has 0 aliphatic carbocycles. The van der Waals surface area contributed by atoms with Crippen LogP contribution in [0.4, 0.5) is 5.82 Å². The van der Waals surface area contributed by atoms with Gasteiger partial charge in [-0.05, 0) is 41.5 Å². The second kappa shape index (κ2) is 6.76. The summed E-state index contributed by atoms with van der Waals surface area (Å²) in [6, 6.07) is 12.5. The molecule has 7 heteroatoms. The lowest BCUT2D eigenvalue weighted by Gasteiger charge is -2.34. The number of methoxy groups -OCH3 is 1. The lowest BCUT2D eigenvalue weighted by molar-refractivity contribution is 0.0397. The molecule has 0 saturated carbocycles. The fraction of sp³-hybridized carbons (Fsp3) is 0.286.